The summed E-state index contributed by atoms with van der Waals surface area (Å²) < 4.78 is 30.7. The van der Waals surface area contributed by atoms with Crippen LogP contribution in [0.5, 0.6) is 0 Å². The van der Waals surface area contributed by atoms with Crippen LogP contribution in [0.3, 0.4) is 0 Å². The van der Waals surface area contributed by atoms with Crippen molar-refractivity contribution in [2.24, 2.45) is 0 Å². The number of hydrogen-bond acceptors (Lipinski definition) is 6. The van der Waals surface area contributed by atoms with Gasteiger partial charge in [0.2, 0.25) is 5.91 Å². The first kappa shape index (κ1) is 28.4. The first-order chi connectivity index (χ1) is 19.7. The molecule has 41 heavy (non-hydrogen) atoms. The van der Waals surface area contributed by atoms with E-state index in [0.717, 1.165) is 5.56 Å². The van der Waals surface area contributed by atoms with Gasteiger partial charge in [0.15, 0.2) is 5.65 Å². The summed E-state index contributed by atoms with van der Waals surface area (Å²) in [5, 5.41) is 0.523. The number of anilines is 1. The number of hydrogen-bond donors (Lipinski definition) is 0. The third-order valence-corrected chi connectivity index (χ3v) is 7.56. The summed E-state index contributed by atoms with van der Waals surface area (Å²) in [6.07, 6.45) is 2.87. The molecule has 1 amide bonds. The van der Waals surface area contributed by atoms with Crippen molar-refractivity contribution in [3.8, 4) is 16.9 Å². The highest BCUT2D eigenvalue weighted by atomic mass is 35.5. The molecule has 4 heterocycles. The molecular weight excluding hydrogens is 550 g/mol. The van der Waals surface area contributed by atoms with Gasteiger partial charge < -0.3 is 9.80 Å². The van der Waals surface area contributed by atoms with Crippen molar-refractivity contribution < 1.29 is 13.6 Å². The van der Waals surface area contributed by atoms with E-state index in [1.54, 1.807) is 41.4 Å². The number of carbonyl (C=O) groups is 1. The van der Waals surface area contributed by atoms with Crippen molar-refractivity contribution >= 4 is 34.4 Å². The molecule has 212 valence electrons. The first-order valence-corrected chi connectivity index (χ1v) is 13.6. The Morgan fingerprint density at radius 3 is 2.66 bits per heavy atom. The summed E-state index contributed by atoms with van der Waals surface area (Å²) in [5.41, 5.74) is 1.80. The number of rotatable bonds is 6. The fraction of sp³-hybridized carbons (Fsp3) is 0.300. The third-order valence-electron chi connectivity index (χ3n) is 7.27. The number of benzene rings is 1. The van der Waals surface area contributed by atoms with Crippen molar-refractivity contribution in [1.82, 2.24) is 24.4 Å². The second-order valence-corrected chi connectivity index (χ2v) is 10.6. The molecule has 5 rings (SSSR count). The van der Waals surface area contributed by atoms with Crippen LogP contribution in [-0.4, -0.2) is 62.7 Å². The van der Waals surface area contributed by atoms with Crippen molar-refractivity contribution in [3.63, 3.8) is 0 Å². The molecule has 1 aromatic carbocycles. The third kappa shape index (κ3) is 5.08. The molecule has 0 saturated carbocycles. The minimum Gasteiger partial charge on any atom is -0.347 e. The van der Waals surface area contributed by atoms with E-state index in [1.165, 1.54) is 21.6 Å². The quantitative estimate of drug-likeness (QED) is 0.291. The summed E-state index contributed by atoms with van der Waals surface area (Å²) in [5.74, 6) is -0.679. The zero-order valence-electron chi connectivity index (χ0n) is 22.9. The Morgan fingerprint density at radius 1 is 1.22 bits per heavy atom. The van der Waals surface area contributed by atoms with E-state index in [-0.39, 0.29) is 59.2 Å². The summed E-state index contributed by atoms with van der Waals surface area (Å²) in [6.45, 7) is 9.10. The second kappa shape index (κ2) is 11.4. The maximum Gasteiger partial charge on any atom is 0.355 e. The van der Waals surface area contributed by atoms with Crippen LogP contribution in [0.25, 0.3) is 28.0 Å². The van der Waals surface area contributed by atoms with Crippen molar-refractivity contribution in [1.29, 1.82) is 0 Å². The average Bonchev–Trinajstić information content (AvgIpc) is 2.96. The maximum absolute atomic E-state index is 14.9. The molecule has 8 nitrogen and oxygen atoms in total. The van der Waals surface area contributed by atoms with E-state index < -0.39 is 24.2 Å². The molecule has 11 heteroatoms. The Balaban J connectivity index is 1.82. The second-order valence-electron chi connectivity index (χ2n) is 10.2. The van der Waals surface area contributed by atoms with Crippen molar-refractivity contribution in [2.45, 2.75) is 32.7 Å². The van der Waals surface area contributed by atoms with E-state index in [4.69, 9.17) is 16.6 Å². The van der Waals surface area contributed by atoms with Gasteiger partial charge in [0, 0.05) is 31.4 Å². The number of piperazine rings is 1. The standard InChI is InChI=1S/C30H29ClF2N6O2/c1-5-24(40)37-12-13-38(19(15-32)16-37)28-21-14-22(31)26(20-8-6-7-9-23(20)33)35-29(21)39(30(41)36-28)27-18(4)10-11-34-25(27)17(2)3/h5-11,14,17,19H,1,12-13,15-16H2,2-4H3/t19-/m1/s1. The molecule has 1 atom stereocenters. The van der Waals surface area contributed by atoms with Crippen LogP contribution in [0.1, 0.15) is 31.0 Å². The van der Waals surface area contributed by atoms with Crippen LogP contribution >= 0.6 is 11.6 Å². The summed E-state index contributed by atoms with van der Waals surface area (Å²) >= 11 is 6.71. The Hall–Kier alpha value is -4.18. The predicted octanol–water partition coefficient (Wildman–Crippen LogP) is 5.24. The fourth-order valence-electron chi connectivity index (χ4n) is 5.25. The predicted molar refractivity (Wildman–Crippen MR) is 156 cm³/mol. The number of nitrogens with zero attached hydrogens (tertiary/aromatic N) is 6. The summed E-state index contributed by atoms with van der Waals surface area (Å²) in [6, 6.07) is 8.70. The largest absolute Gasteiger partial charge is 0.355 e. The van der Waals surface area contributed by atoms with Crippen molar-refractivity contribution in [2.75, 3.05) is 31.2 Å². The molecule has 0 aliphatic carbocycles. The van der Waals surface area contributed by atoms with Gasteiger partial charge >= 0.3 is 5.69 Å². The van der Waals surface area contributed by atoms with Gasteiger partial charge in [-0.1, -0.05) is 44.2 Å². The summed E-state index contributed by atoms with van der Waals surface area (Å²) in [4.78, 5) is 43.1. The Bertz CT molecular complexity index is 1720. The van der Waals surface area contributed by atoms with Gasteiger partial charge in [-0.2, -0.15) is 4.98 Å². The fourth-order valence-corrected chi connectivity index (χ4v) is 5.50. The molecule has 1 fully saturated rings. The highest BCUT2D eigenvalue weighted by Crippen LogP contribution is 2.36. The molecule has 3 aromatic heterocycles. The number of fused-ring (bicyclic) bond motifs is 1. The molecular formula is C30H29ClF2N6O2. The normalized spacial score (nSPS) is 15.5. The lowest BCUT2D eigenvalue weighted by Crippen LogP contribution is -2.56. The van der Waals surface area contributed by atoms with Gasteiger partial charge in [0.05, 0.1) is 33.5 Å². The number of aromatic nitrogens is 4. The van der Waals surface area contributed by atoms with Gasteiger partial charge in [-0.15, -0.1) is 0 Å². The molecule has 1 aliphatic heterocycles. The first-order valence-electron chi connectivity index (χ1n) is 13.2. The van der Waals surface area contributed by atoms with Crippen LogP contribution in [0.4, 0.5) is 14.6 Å². The van der Waals surface area contributed by atoms with E-state index in [0.29, 0.717) is 16.8 Å². The smallest absolute Gasteiger partial charge is 0.347 e. The molecule has 0 unspecified atom stereocenters. The molecule has 4 aromatic rings. The molecule has 1 saturated heterocycles. The minimum atomic E-state index is -0.791. The maximum atomic E-state index is 14.9. The highest BCUT2D eigenvalue weighted by Gasteiger charge is 2.32. The minimum absolute atomic E-state index is 0.0451. The number of carbonyl (C=O) groups excluding carboxylic acids is 1. The van der Waals surface area contributed by atoms with E-state index >= 15 is 0 Å². The van der Waals surface area contributed by atoms with E-state index in [1.807, 2.05) is 20.8 Å². The Kier molecular flexibility index (Phi) is 7.86. The van der Waals surface area contributed by atoms with Crippen LogP contribution in [0, 0.1) is 12.7 Å². The van der Waals surface area contributed by atoms with Gasteiger partial charge in [-0.05, 0) is 48.7 Å². The van der Waals surface area contributed by atoms with Crippen LogP contribution < -0.4 is 10.6 Å². The topological polar surface area (TPSA) is 84.2 Å². The van der Waals surface area contributed by atoms with Gasteiger partial charge in [-0.3, -0.25) is 9.78 Å². The number of alkyl halides is 1. The van der Waals surface area contributed by atoms with Gasteiger partial charge in [0.25, 0.3) is 0 Å². The average molecular weight is 579 g/mol. The monoisotopic (exact) mass is 578 g/mol. The van der Waals surface area contributed by atoms with Gasteiger partial charge in [0.1, 0.15) is 18.3 Å². The number of aryl methyl sites for hydroxylation is 1. The zero-order chi connectivity index (χ0) is 29.4. The molecule has 0 radical (unpaired) electrons. The lowest BCUT2D eigenvalue weighted by molar-refractivity contribution is -0.126. The number of pyridine rings is 2. The van der Waals surface area contributed by atoms with Gasteiger partial charge in [-0.25, -0.2) is 23.1 Å². The van der Waals surface area contributed by atoms with Crippen molar-refractivity contribution in [3.05, 3.63) is 87.8 Å². The zero-order valence-corrected chi connectivity index (χ0v) is 23.7. The van der Waals surface area contributed by atoms with E-state index in [9.17, 15) is 18.4 Å². The molecule has 1 aliphatic rings. The SMILES string of the molecule is C=CC(=O)N1CCN(c2nc(=O)n(-c3c(C)ccnc3C(C)C)c3nc(-c4ccccc4F)c(Cl)cc23)[C@H](CF)C1. The van der Waals surface area contributed by atoms with Crippen LogP contribution in [0.2, 0.25) is 5.02 Å². The molecule has 0 N–H and O–H groups in total. The Morgan fingerprint density at radius 2 is 1.98 bits per heavy atom. The van der Waals surface area contributed by atoms with Crippen LogP contribution in [-0.2, 0) is 4.79 Å². The van der Waals surface area contributed by atoms with Crippen LogP contribution in [0.15, 0.2) is 60.0 Å². The number of amides is 1. The number of halogens is 3. The lowest BCUT2D eigenvalue weighted by atomic mass is 10.0. The summed E-state index contributed by atoms with van der Waals surface area (Å²) in [7, 11) is 0. The molecule has 0 spiro atoms. The Labute approximate surface area is 240 Å². The van der Waals surface area contributed by atoms with E-state index in [2.05, 4.69) is 16.5 Å². The molecule has 0 bridgehead atoms. The highest BCUT2D eigenvalue weighted by molar-refractivity contribution is 6.33. The lowest BCUT2D eigenvalue weighted by Gasteiger charge is -2.41.